The molecule has 1 aromatic rings. The van der Waals surface area contributed by atoms with Crippen LogP contribution in [-0.4, -0.2) is 63.0 Å². The number of benzene rings is 1. The Labute approximate surface area is 205 Å². The molecule has 2 aliphatic heterocycles. The van der Waals surface area contributed by atoms with E-state index in [0.29, 0.717) is 6.54 Å². The van der Waals surface area contributed by atoms with Crippen molar-refractivity contribution in [3.63, 3.8) is 0 Å². The van der Waals surface area contributed by atoms with Crippen LogP contribution >= 0.6 is 24.0 Å². The summed E-state index contributed by atoms with van der Waals surface area (Å²) in [6.07, 6.45) is 4.93. The zero-order valence-corrected chi connectivity index (χ0v) is 21.6. The Balaban J connectivity index is 0.00000341. The summed E-state index contributed by atoms with van der Waals surface area (Å²) in [6, 6.07) is 8.94. The molecule has 1 aromatic carbocycles. The predicted octanol–water partition coefficient (Wildman–Crippen LogP) is 3.79. The topological polar surface area (TPSA) is 58.1 Å². The molecule has 3 rings (SSSR count). The van der Waals surface area contributed by atoms with Crippen LogP contribution in [0.1, 0.15) is 50.7 Å². The summed E-state index contributed by atoms with van der Waals surface area (Å²) in [5.74, 6) is 1.75. The maximum Gasteiger partial charge on any atom is 0.191 e. The van der Waals surface area contributed by atoms with E-state index in [1.54, 1.807) is 0 Å². The van der Waals surface area contributed by atoms with E-state index in [1.165, 1.54) is 37.1 Å². The van der Waals surface area contributed by atoms with Gasteiger partial charge in [0, 0.05) is 32.8 Å². The van der Waals surface area contributed by atoms with Crippen LogP contribution < -0.4 is 10.6 Å². The van der Waals surface area contributed by atoms with Gasteiger partial charge in [-0.3, -0.25) is 4.90 Å². The monoisotopic (exact) mass is 544 g/mol. The molecule has 2 heterocycles. The molecule has 0 aliphatic carbocycles. The van der Waals surface area contributed by atoms with E-state index >= 15 is 0 Å². The number of ether oxygens (including phenoxy) is 2. The molecule has 0 aromatic heterocycles. The Kier molecular flexibility index (Phi) is 12.8. The average molecular weight is 545 g/mol. The third kappa shape index (κ3) is 10.1. The Hall–Kier alpha value is -0.900. The van der Waals surface area contributed by atoms with E-state index < -0.39 is 0 Å². The van der Waals surface area contributed by atoms with Gasteiger partial charge in [-0.05, 0) is 62.7 Å². The molecule has 2 fully saturated rings. The number of halogens is 1. The van der Waals surface area contributed by atoms with E-state index in [-0.39, 0.29) is 30.1 Å². The highest BCUT2D eigenvalue weighted by Gasteiger charge is 2.16. The summed E-state index contributed by atoms with van der Waals surface area (Å²) in [7, 11) is 0. The molecule has 6 nitrogen and oxygen atoms in total. The first-order chi connectivity index (χ1) is 14.7. The van der Waals surface area contributed by atoms with Gasteiger partial charge in [0.1, 0.15) is 0 Å². The third-order valence-corrected chi connectivity index (χ3v) is 5.92. The lowest BCUT2D eigenvalue weighted by Gasteiger charge is -2.30. The molecule has 176 valence electrons. The highest BCUT2D eigenvalue weighted by atomic mass is 127. The van der Waals surface area contributed by atoms with Gasteiger partial charge in [0.2, 0.25) is 0 Å². The Morgan fingerprint density at radius 3 is 2.55 bits per heavy atom. The van der Waals surface area contributed by atoms with Gasteiger partial charge in [0.25, 0.3) is 0 Å². The lowest BCUT2D eigenvalue weighted by atomic mass is 9.99. The van der Waals surface area contributed by atoms with Crippen LogP contribution in [0.5, 0.6) is 0 Å². The number of hydrogen-bond donors (Lipinski definition) is 2. The van der Waals surface area contributed by atoms with Crippen molar-refractivity contribution in [2.75, 3.05) is 46.0 Å². The second-order valence-electron chi connectivity index (χ2n) is 8.61. The molecule has 31 heavy (non-hydrogen) atoms. The van der Waals surface area contributed by atoms with Crippen molar-refractivity contribution >= 4 is 29.9 Å². The highest BCUT2D eigenvalue weighted by Crippen LogP contribution is 2.18. The molecule has 0 radical (unpaired) electrons. The second-order valence-corrected chi connectivity index (χ2v) is 8.61. The number of guanidine groups is 1. The number of hydrogen-bond acceptors (Lipinski definition) is 4. The highest BCUT2D eigenvalue weighted by molar-refractivity contribution is 14.0. The van der Waals surface area contributed by atoms with Crippen LogP contribution in [-0.2, 0) is 22.6 Å². The first-order valence-electron chi connectivity index (χ1n) is 11.7. The van der Waals surface area contributed by atoms with Gasteiger partial charge >= 0.3 is 0 Å². The first kappa shape index (κ1) is 26.4. The quantitative estimate of drug-likeness (QED) is 0.203. The number of likely N-dealkylation sites (tertiary alicyclic amines) is 1. The van der Waals surface area contributed by atoms with Crippen molar-refractivity contribution in [2.45, 2.75) is 58.7 Å². The van der Waals surface area contributed by atoms with Gasteiger partial charge < -0.3 is 20.1 Å². The van der Waals surface area contributed by atoms with Crippen LogP contribution in [0.15, 0.2) is 29.3 Å². The fraction of sp³-hybridized carbons (Fsp3) is 0.708. The van der Waals surface area contributed by atoms with E-state index in [1.807, 2.05) is 0 Å². The molecule has 2 N–H and O–H groups in total. The van der Waals surface area contributed by atoms with E-state index in [2.05, 4.69) is 53.6 Å². The minimum atomic E-state index is 0. The van der Waals surface area contributed by atoms with Crippen LogP contribution in [0.4, 0.5) is 0 Å². The predicted molar refractivity (Wildman–Crippen MR) is 138 cm³/mol. The standard InChI is InChI=1S/C24H40N4O2.HI/c1-3-25-24(26-12-4-15-30-23-11-16-29-19-23)27-17-21-5-7-22(8-6-21)18-28-13-9-20(2)10-14-28;/h5-8,20,23H,3-4,9-19H2,1-2H3,(H2,25,26,27);1H. The molecule has 2 saturated heterocycles. The van der Waals surface area contributed by atoms with Gasteiger partial charge in [0.15, 0.2) is 5.96 Å². The SMILES string of the molecule is CCNC(=NCc1ccc(CN2CCC(C)CC2)cc1)NCCCOC1CCOC1.I. The van der Waals surface area contributed by atoms with Gasteiger partial charge in [-0.25, -0.2) is 4.99 Å². The summed E-state index contributed by atoms with van der Waals surface area (Å²) in [6.45, 7) is 12.7. The molecule has 7 heteroatoms. The Morgan fingerprint density at radius 2 is 1.87 bits per heavy atom. The largest absolute Gasteiger partial charge is 0.379 e. The minimum Gasteiger partial charge on any atom is -0.379 e. The van der Waals surface area contributed by atoms with Crippen LogP contribution in [0.3, 0.4) is 0 Å². The molecular formula is C24H41IN4O2. The normalized spacial score (nSPS) is 20.5. The van der Waals surface area contributed by atoms with E-state index in [0.717, 1.165) is 64.2 Å². The lowest BCUT2D eigenvalue weighted by molar-refractivity contribution is 0.0420. The van der Waals surface area contributed by atoms with Gasteiger partial charge in [-0.2, -0.15) is 0 Å². The Bertz CT molecular complexity index is 627. The second kappa shape index (κ2) is 15.0. The van der Waals surface area contributed by atoms with Crippen LogP contribution in [0, 0.1) is 5.92 Å². The first-order valence-corrected chi connectivity index (χ1v) is 11.7. The fourth-order valence-electron chi connectivity index (χ4n) is 3.91. The minimum absolute atomic E-state index is 0. The van der Waals surface area contributed by atoms with E-state index in [9.17, 15) is 0 Å². The Morgan fingerprint density at radius 1 is 1.13 bits per heavy atom. The number of aliphatic imine (C=N–C) groups is 1. The maximum atomic E-state index is 5.82. The van der Waals surface area contributed by atoms with E-state index in [4.69, 9.17) is 14.5 Å². The van der Waals surface area contributed by atoms with Crippen molar-refractivity contribution < 1.29 is 9.47 Å². The number of nitrogens with zero attached hydrogens (tertiary/aromatic N) is 2. The number of piperidine rings is 1. The van der Waals surface area contributed by atoms with Crippen molar-refractivity contribution in [3.05, 3.63) is 35.4 Å². The molecule has 1 unspecified atom stereocenters. The number of rotatable bonds is 10. The number of nitrogens with one attached hydrogen (secondary N) is 2. The van der Waals surface area contributed by atoms with Crippen molar-refractivity contribution in [1.82, 2.24) is 15.5 Å². The van der Waals surface area contributed by atoms with Crippen molar-refractivity contribution in [1.29, 1.82) is 0 Å². The third-order valence-electron chi connectivity index (χ3n) is 5.92. The lowest BCUT2D eigenvalue weighted by Crippen LogP contribution is -2.38. The maximum absolute atomic E-state index is 5.82. The van der Waals surface area contributed by atoms with Crippen molar-refractivity contribution in [3.8, 4) is 0 Å². The summed E-state index contributed by atoms with van der Waals surface area (Å²) < 4.78 is 11.2. The van der Waals surface area contributed by atoms with Crippen molar-refractivity contribution in [2.24, 2.45) is 10.9 Å². The summed E-state index contributed by atoms with van der Waals surface area (Å²) in [5.41, 5.74) is 2.64. The van der Waals surface area contributed by atoms with Gasteiger partial charge in [-0.1, -0.05) is 31.2 Å². The van der Waals surface area contributed by atoms with Gasteiger partial charge in [0.05, 0.1) is 19.3 Å². The molecule has 0 bridgehead atoms. The average Bonchev–Trinajstić information content (AvgIpc) is 3.28. The van der Waals surface area contributed by atoms with Gasteiger partial charge in [-0.15, -0.1) is 24.0 Å². The fourth-order valence-corrected chi connectivity index (χ4v) is 3.91. The molecule has 0 saturated carbocycles. The zero-order chi connectivity index (χ0) is 21.0. The van der Waals surface area contributed by atoms with Crippen LogP contribution in [0.2, 0.25) is 0 Å². The summed E-state index contributed by atoms with van der Waals surface area (Å²) in [5, 5.41) is 6.73. The molecule has 0 spiro atoms. The molecular weight excluding hydrogens is 503 g/mol. The summed E-state index contributed by atoms with van der Waals surface area (Å²) in [4.78, 5) is 7.31. The zero-order valence-electron chi connectivity index (χ0n) is 19.3. The smallest absolute Gasteiger partial charge is 0.191 e. The molecule has 0 amide bonds. The van der Waals surface area contributed by atoms with Crippen LogP contribution in [0.25, 0.3) is 0 Å². The summed E-state index contributed by atoms with van der Waals surface area (Å²) >= 11 is 0. The molecule has 2 aliphatic rings. The molecule has 1 atom stereocenters.